The van der Waals surface area contributed by atoms with Gasteiger partial charge in [0.1, 0.15) is 0 Å². The summed E-state index contributed by atoms with van der Waals surface area (Å²) in [5, 5.41) is 4.39. The first-order chi connectivity index (χ1) is 19.6. The molecule has 0 radical (unpaired) electrons. The third kappa shape index (κ3) is 4.77. The molecule has 0 unspecified atom stereocenters. The summed E-state index contributed by atoms with van der Waals surface area (Å²) in [5.74, 6) is 0. The van der Waals surface area contributed by atoms with Crippen LogP contribution in [0.5, 0.6) is 0 Å². The normalized spacial score (nSPS) is 11.2. The lowest BCUT2D eigenvalue weighted by atomic mass is 9.95. The highest BCUT2D eigenvalue weighted by Crippen LogP contribution is 2.32. The Morgan fingerprint density at radius 1 is 0.425 bits per heavy atom. The van der Waals surface area contributed by atoms with E-state index in [4.69, 9.17) is 11.6 Å². The van der Waals surface area contributed by atoms with E-state index in [-0.39, 0.29) is 0 Å². The van der Waals surface area contributed by atoms with Crippen molar-refractivity contribution in [2.45, 2.75) is 6.92 Å². The van der Waals surface area contributed by atoms with Crippen LogP contribution in [0.3, 0.4) is 0 Å². The van der Waals surface area contributed by atoms with Crippen molar-refractivity contribution >= 4 is 33.3 Å². The first kappa shape index (κ1) is 24.3. The average Bonchev–Trinajstić information content (AvgIpc) is 3.00. The van der Waals surface area contributed by atoms with E-state index >= 15 is 0 Å². The van der Waals surface area contributed by atoms with Crippen molar-refractivity contribution in [2.75, 3.05) is 0 Å². The Kier molecular flexibility index (Phi) is 6.15. The molecule has 0 aliphatic rings. The first-order valence-corrected chi connectivity index (χ1v) is 13.8. The van der Waals surface area contributed by atoms with Crippen molar-refractivity contribution < 1.29 is 0 Å². The smallest absolute Gasteiger partial charge is 0.0702 e. The highest BCUT2D eigenvalue weighted by Gasteiger charge is 2.06. The van der Waals surface area contributed by atoms with Gasteiger partial charge in [-0.05, 0) is 98.6 Å². The lowest BCUT2D eigenvalue weighted by molar-refractivity contribution is 1.41. The molecule has 0 amide bonds. The summed E-state index contributed by atoms with van der Waals surface area (Å²) in [6.07, 6.45) is 1.96. The number of aromatic nitrogens is 1. The molecule has 6 aromatic carbocycles. The van der Waals surface area contributed by atoms with Crippen LogP contribution in [0.1, 0.15) is 5.56 Å². The number of halogens is 1. The van der Waals surface area contributed by atoms with E-state index < -0.39 is 0 Å². The summed E-state index contributed by atoms with van der Waals surface area (Å²) >= 11 is 6.28. The molecule has 0 saturated carbocycles. The zero-order valence-corrected chi connectivity index (χ0v) is 22.9. The van der Waals surface area contributed by atoms with E-state index in [1.54, 1.807) is 0 Å². The van der Waals surface area contributed by atoms with Gasteiger partial charge in [0.05, 0.1) is 5.52 Å². The van der Waals surface area contributed by atoms with E-state index in [0.717, 1.165) is 27.1 Å². The molecule has 190 valence electrons. The fourth-order valence-electron chi connectivity index (χ4n) is 5.45. The van der Waals surface area contributed by atoms with E-state index in [2.05, 4.69) is 121 Å². The summed E-state index contributed by atoms with van der Waals surface area (Å²) in [6.45, 7) is 2.07. The van der Waals surface area contributed by atoms with Crippen LogP contribution in [0.4, 0.5) is 0 Å². The molecule has 0 spiro atoms. The molecule has 1 heterocycles. The Morgan fingerprint density at radius 2 is 0.925 bits per heavy atom. The molecule has 0 aliphatic carbocycles. The molecule has 40 heavy (non-hydrogen) atoms. The molecular formula is C38H26ClN. The van der Waals surface area contributed by atoms with E-state index in [9.17, 15) is 0 Å². The Bertz CT molecular complexity index is 1980. The second kappa shape index (κ2) is 10.1. The van der Waals surface area contributed by atoms with Gasteiger partial charge >= 0.3 is 0 Å². The van der Waals surface area contributed by atoms with Gasteiger partial charge in [-0.15, -0.1) is 0 Å². The predicted octanol–water partition coefficient (Wildman–Crippen LogP) is 11.0. The minimum Gasteiger partial charge on any atom is -0.256 e. The van der Waals surface area contributed by atoms with Gasteiger partial charge in [-0.1, -0.05) is 109 Å². The highest BCUT2D eigenvalue weighted by molar-refractivity contribution is 6.31. The van der Waals surface area contributed by atoms with Crippen LogP contribution in [-0.4, -0.2) is 4.98 Å². The van der Waals surface area contributed by atoms with Crippen LogP contribution < -0.4 is 0 Å². The van der Waals surface area contributed by atoms with Crippen LogP contribution >= 0.6 is 11.6 Å². The number of aryl methyl sites for hydroxylation is 1. The summed E-state index contributed by atoms with van der Waals surface area (Å²) < 4.78 is 0. The molecule has 1 aromatic heterocycles. The maximum atomic E-state index is 6.28. The van der Waals surface area contributed by atoms with Crippen molar-refractivity contribution in [2.24, 2.45) is 0 Å². The predicted molar refractivity (Wildman–Crippen MR) is 171 cm³/mol. The topological polar surface area (TPSA) is 12.9 Å². The van der Waals surface area contributed by atoms with Crippen LogP contribution in [0, 0.1) is 6.92 Å². The third-order valence-electron chi connectivity index (χ3n) is 7.58. The fraction of sp³-hybridized carbons (Fsp3) is 0.0263. The minimum atomic E-state index is 0.770. The molecule has 0 atom stereocenters. The van der Waals surface area contributed by atoms with Gasteiger partial charge in [0, 0.05) is 22.2 Å². The molecule has 7 rings (SSSR count). The van der Waals surface area contributed by atoms with E-state index in [0.29, 0.717) is 0 Å². The molecule has 0 saturated heterocycles. The summed E-state index contributed by atoms with van der Waals surface area (Å²) in [6, 6.07) is 47.5. The standard InChI is InChI=1S/C38H26ClN/c1-25-18-35(23-37(39)19-25)28-10-6-26(7-11-28)30-14-16-33-21-31(15-17-32(33)20-30)27-8-12-29(13-9-27)36-22-34-4-2-3-5-38(34)40-24-36/h2-24H,1H3. The van der Waals surface area contributed by atoms with Crippen LogP contribution in [0.2, 0.25) is 5.02 Å². The summed E-state index contributed by atoms with van der Waals surface area (Å²) in [5.41, 5.74) is 11.6. The second-order valence-electron chi connectivity index (χ2n) is 10.4. The van der Waals surface area contributed by atoms with Crippen molar-refractivity contribution in [1.29, 1.82) is 0 Å². The molecule has 0 fully saturated rings. The molecule has 0 bridgehead atoms. The molecule has 2 heteroatoms. The Morgan fingerprint density at radius 3 is 1.52 bits per heavy atom. The second-order valence-corrected chi connectivity index (χ2v) is 10.8. The SMILES string of the molecule is Cc1cc(Cl)cc(-c2ccc(-c3ccc4cc(-c5ccc(-c6cnc7ccccc7c6)cc5)ccc4c3)cc2)c1. The van der Waals surface area contributed by atoms with Gasteiger partial charge < -0.3 is 0 Å². The number of nitrogens with zero attached hydrogens (tertiary/aromatic N) is 1. The van der Waals surface area contributed by atoms with Crippen molar-refractivity contribution in [3.63, 3.8) is 0 Å². The number of rotatable bonds is 4. The van der Waals surface area contributed by atoms with Gasteiger partial charge in [0.2, 0.25) is 0 Å². The van der Waals surface area contributed by atoms with Gasteiger partial charge in [-0.3, -0.25) is 4.98 Å². The lowest BCUT2D eigenvalue weighted by Gasteiger charge is -2.09. The summed E-state index contributed by atoms with van der Waals surface area (Å²) in [7, 11) is 0. The maximum Gasteiger partial charge on any atom is 0.0702 e. The number of hydrogen-bond donors (Lipinski definition) is 0. The van der Waals surface area contributed by atoms with Crippen LogP contribution in [-0.2, 0) is 0 Å². The minimum absolute atomic E-state index is 0.770. The van der Waals surface area contributed by atoms with Gasteiger partial charge in [-0.25, -0.2) is 0 Å². The fourth-order valence-corrected chi connectivity index (χ4v) is 5.74. The molecular weight excluding hydrogens is 506 g/mol. The highest BCUT2D eigenvalue weighted by atomic mass is 35.5. The van der Waals surface area contributed by atoms with E-state index in [1.807, 2.05) is 30.5 Å². The number of para-hydroxylation sites is 1. The molecule has 1 nitrogen and oxygen atoms in total. The quantitative estimate of drug-likeness (QED) is 0.220. The number of pyridine rings is 1. The molecule has 0 aliphatic heterocycles. The van der Waals surface area contributed by atoms with Crippen molar-refractivity contribution in [1.82, 2.24) is 4.98 Å². The third-order valence-corrected chi connectivity index (χ3v) is 7.79. The molecule has 7 aromatic rings. The average molecular weight is 532 g/mol. The number of fused-ring (bicyclic) bond motifs is 2. The van der Waals surface area contributed by atoms with Gasteiger partial charge in [-0.2, -0.15) is 0 Å². The molecule has 0 N–H and O–H groups in total. The largest absolute Gasteiger partial charge is 0.256 e. The van der Waals surface area contributed by atoms with Gasteiger partial charge in [0.25, 0.3) is 0 Å². The van der Waals surface area contributed by atoms with Crippen LogP contribution in [0.25, 0.3) is 66.2 Å². The Labute approximate surface area is 239 Å². The monoisotopic (exact) mass is 531 g/mol. The summed E-state index contributed by atoms with van der Waals surface area (Å²) in [4.78, 5) is 4.62. The van der Waals surface area contributed by atoms with Crippen molar-refractivity contribution in [3.8, 4) is 44.5 Å². The van der Waals surface area contributed by atoms with E-state index in [1.165, 1.54) is 49.7 Å². The zero-order valence-electron chi connectivity index (χ0n) is 22.1. The Hall–Kier alpha value is -4.72. The maximum absolute atomic E-state index is 6.28. The Balaban J connectivity index is 1.14. The van der Waals surface area contributed by atoms with Crippen molar-refractivity contribution in [3.05, 3.63) is 150 Å². The van der Waals surface area contributed by atoms with Crippen LogP contribution in [0.15, 0.2) is 140 Å². The first-order valence-electron chi connectivity index (χ1n) is 13.5. The zero-order chi connectivity index (χ0) is 27.1. The number of hydrogen-bond acceptors (Lipinski definition) is 1. The van der Waals surface area contributed by atoms with Gasteiger partial charge in [0.15, 0.2) is 0 Å². The number of benzene rings is 6. The lowest BCUT2D eigenvalue weighted by Crippen LogP contribution is -1.85.